The van der Waals surface area contributed by atoms with E-state index in [2.05, 4.69) is 26.6 Å². The van der Waals surface area contributed by atoms with Crippen LogP contribution in [0.5, 0.6) is 0 Å². The van der Waals surface area contributed by atoms with Crippen molar-refractivity contribution >= 4 is 44.8 Å². The molecule has 0 radical (unpaired) electrons. The fraction of sp³-hybridized carbons (Fsp3) is 0.263. The zero-order valence-corrected chi connectivity index (χ0v) is 16.4. The number of anilines is 3. The fourth-order valence-electron chi connectivity index (χ4n) is 3.05. The van der Waals surface area contributed by atoms with Gasteiger partial charge in [0, 0.05) is 35.0 Å². The largest absolute Gasteiger partial charge is 0.417 e. The molecule has 0 unspecified atom stereocenters. The van der Waals surface area contributed by atoms with Crippen molar-refractivity contribution in [3.8, 4) is 0 Å². The van der Waals surface area contributed by atoms with Crippen LogP contribution in [0.25, 0.3) is 0 Å². The van der Waals surface area contributed by atoms with E-state index in [9.17, 15) is 22.8 Å². The van der Waals surface area contributed by atoms with Crippen molar-refractivity contribution < 1.29 is 22.8 Å². The van der Waals surface area contributed by atoms with Crippen LogP contribution in [0.3, 0.4) is 0 Å². The van der Waals surface area contributed by atoms with Crippen LogP contribution >= 0.6 is 15.9 Å². The van der Waals surface area contributed by atoms with Crippen molar-refractivity contribution in [1.29, 1.82) is 0 Å². The molecule has 0 aliphatic carbocycles. The standard InChI is InChI=1S/C19H17BrF3N3O2/c1-11(27)26-7-6-12-8-14(3-5-17(12)26)25-18(28)10-24-13-2-4-16(20)15(9-13)19(21,22)23/h2-5,8-9,24H,6-7,10H2,1H3,(H,25,28). The molecular weight excluding hydrogens is 439 g/mol. The lowest BCUT2D eigenvalue weighted by atomic mass is 10.1. The van der Waals surface area contributed by atoms with E-state index in [1.54, 1.807) is 23.1 Å². The molecule has 9 heteroatoms. The predicted molar refractivity (Wildman–Crippen MR) is 104 cm³/mol. The number of nitrogens with one attached hydrogen (secondary N) is 2. The summed E-state index contributed by atoms with van der Waals surface area (Å²) >= 11 is 2.88. The zero-order valence-electron chi connectivity index (χ0n) is 14.9. The molecule has 2 aromatic carbocycles. The lowest BCUT2D eigenvalue weighted by Gasteiger charge is -2.15. The van der Waals surface area contributed by atoms with Gasteiger partial charge in [0.15, 0.2) is 0 Å². The highest BCUT2D eigenvalue weighted by Gasteiger charge is 2.33. The number of amides is 2. The minimum absolute atomic E-state index is 0.0348. The van der Waals surface area contributed by atoms with Gasteiger partial charge in [0.1, 0.15) is 0 Å². The molecule has 0 spiro atoms. The molecule has 3 rings (SSSR count). The van der Waals surface area contributed by atoms with Gasteiger partial charge in [-0.15, -0.1) is 0 Å². The van der Waals surface area contributed by atoms with Crippen LogP contribution in [-0.2, 0) is 22.2 Å². The summed E-state index contributed by atoms with van der Waals surface area (Å²) in [6.45, 7) is 1.92. The van der Waals surface area contributed by atoms with Crippen molar-refractivity contribution in [2.75, 3.05) is 28.6 Å². The lowest BCUT2D eigenvalue weighted by Crippen LogP contribution is -2.25. The molecule has 1 heterocycles. The fourth-order valence-corrected chi connectivity index (χ4v) is 3.52. The Labute approximate surface area is 168 Å². The third-order valence-corrected chi connectivity index (χ3v) is 5.06. The normalized spacial score (nSPS) is 13.2. The number of benzene rings is 2. The van der Waals surface area contributed by atoms with Gasteiger partial charge in [-0.25, -0.2) is 0 Å². The Morgan fingerprint density at radius 3 is 2.54 bits per heavy atom. The summed E-state index contributed by atoms with van der Waals surface area (Å²) in [7, 11) is 0. The van der Waals surface area contributed by atoms with Crippen LogP contribution in [0.1, 0.15) is 18.1 Å². The van der Waals surface area contributed by atoms with Gasteiger partial charge in [0.05, 0.1) is 12.1 Å². The van der Waals surface area contributed by atoms with Crippen LogP contribution in [0.2, 0.25) is 0 Å². The van der Waals surface area contributed by atoms with Crippen LogP contribution in [0.4, 0.5) is 30.2 Å². The van der Waals surface area contributed by atoms with E-state index in [-0.39, 0.29) is 22.6 Å². The third kappa shape index (κ3) is 4.46. The van der Waals surface area contributed by atoms with Crippen molar-refractivity contribution in [2.45, 2.75) is 19.5 Å². The molecule has 1 aliphatic rings. The molecule has 28 heavy (non-hydrogen) atoms. The number of carbonyl (C=O) groups is 2. The monoisotopic (exact) mass is 455 g/mol. The molecular formula is C19H17BrF3N3O2. The average molecular weight is 456 g/mol. The molecule has 148 valence electrons. The van der Waals surface area contributed by atoms with E-state index < -0.39 is 17.6 Å². The second-order valence-electron chi connectivity index (χ2n) is 6.36. The molecule has 0 saturated heterocycles. The quantitative estimate of drug-likeness (QED) is 0.716. The average Bonchev–Trinajstić information content (AvgIpc) is 3.03. The molecule has 0 saturated carbocycles. The first-order chi connectivity index (χ1) is 13.1. The lowest BCUT2D eigenvalue weighted by molar-refractivity contribution is -0.138. The van der Waals surface area contributed by atoms with E-state index in [0.29, 0.717) is 18.7 Å². The highest BCUT2D eigenvalue weighted by molar-refractivity contribution is 9.10. The number of carbonyl (C=O) groups excluding carboxylic acids is 2. The summed E-state index contributed by atoms with van der Waals surface area (Å²) in [5.74, 6) is -0.426. The Kier molecular flexibility index (Phi) is 5.64. The van der Waals surface area contributed by atoms with Gasteiger partial charge in [0.25, 0.3) is 0 Å². The van der Waals surface area contributed by atoms with Crippen LogP contribution < -0.4 is 15.5 Å². The molecule has 2 aromatic rings. The van der Waals surface area contributed by atoms with Crippen molar-refractivity contribution in [2.24, 2.45) is 0 Å². The smallest absolute Gasteiger partial charge is 0.376 e. The first-order valence-corrected chi connectivity index (χ1v) is 9.26. The summed E-state index contributed by atoms with van der Waals surface area (Å²) in [4.78, 5) is 25.4. The maximum atomic E-state index is 12.9. The number of hydrogen-bond donors (Lipinski definition) is 2. The Morgan fingerprint density at radius 1 is 1.14 bits per heavy atom. The molecule has 2 amide bonds. The number of halogens is 4. The highest BCUT2D eigenvalue weighted by Crippen LogP contribution is 2.36. The molecule has 0 bridgehead atoms. The van der Waals surface area contributed by atoms with Gasteiger partial charge >= 0.3 is 6.18 Å². The van der Waals surface area contributed by atoms with Gasteiger partial charge in [-0.3, -0.25) is 9.59 Å². The van der Waals surface area contributed by atoms with Gasteiger partial charge in [-0.2, -0.15) is 13.2 Å². The first kappa shape index (κ1) is 20.2. The van der Waals surface area contributed by atoms with E-state index in [4.69, 9.17) is 0 Å². The molecule has 0 aromatic heterocycles. The van der Waals surface area contributed by atoms with Crippen LogP contribution in [-0.4, -0.2) is 24.9 Å². The molecule has 1 aliphatic heterocycles. The maximum Gasteiger partial charge on any atom is 0.417 e. The van der Waals surface area contributed by atoms with Crippen molar-refractivity contribution in [3.05, 3.63) is 52.0 Å². The van der Waals surface area contributed by atoms with E-state index in [1.165, 1.54) is 19.1 Å². The summed E-state index contributed by atoms with van der Waals surface area (Å²) in [5, 5.41) is 5.40. The van der Waals surface area contributed by atoms with Crippen molar-refractivity contribution in [3.63, 3.8) is 0 Å². The molecule has 5 nitrogen and oxygen atoms in total. The predicted octanol–water partition coefficient (Wildman–Crippen LogP) is 4.43. The first-order valence-electron chi connectivity index (χ1n) is 8.46. The van der Waals surface area contributed by atoms with E-state index in [1.807, 2.05) is 0 Å². The Bertz CT molecular complexity index is 931. The van der Waals surface area contributed by atoms with Gasteiger partial charge in [-0.05, 0) is 48.4 Å². The summed E-state index contributed by atoms with van der Waals surface area (Å²) in [5.41, 5.74) is 1.74. The Hall–Kier alpha value is -2.55. The van der Waals surface area contributed by atoms with E-state index in [0.717, 1.165) is 17.3 Å². The third-order valence-electron chi connectivity index (χ3n) is 4.36. The topological polar surface area (TPSA) is 61.4 Å². The highest BCUT2D eigenvalue weighted by atomic mass is 79.9. The van der Waals surface area contributed by atoms with Crippen LogP contribution in [0, 0.1) is 0 Å². The zero-order chi connectivity index (χ0) is 20.5. The number of rotatable bonds is 4. The maximum absolute atomic E-state index is 12.9. The minimum atomic E-state index is -4.49. The Morgan fingerprint density at radius 2 is 1.86 bits per heavy atom. The summed E-state index contributed by atoms with van der Waals surface area (Å²) in [6.07, 6.45) is -3.78. The van der Waals surface area contributed by atoms with Crippen LogP contribution in [0.15, 0.2) is 40.9 Å². The number of hydrogen-bond acceptors (Lipinski definition) is 3. The van der Waals surface area contributed by atoms with Gasteiger partial charge in [0.2, 0.25) is 11.8 Å². The Balaban J connectivity index is 1.62. The number of alkyl halides is 3. The summed E-state index contributed by atoms with van der Waals surface area (Å²) < 4.78 is 38.8. The van der Waals surface area contributed by atoms with E-state index >= 15 is 0 Å². The van der Waals surface area contributed by atoms with Gasteiger partial charge < -0.3 is 15.5 Å². The SMILES string of the molecule is CC(=O)N1CCc2cc(NC(=O)CNc3ccc(Br)c(C(F)(F)F)c3)ccc21. The minimum Gasteiger partial charge on any atom is -0.376 e. The molecule has 2 N–H and O–H groups in total. The summed E-state index contributed by atoms with van der Waals surface area (Å²) in [6, 6.07) is 8.96. The molecule has 0 fully saturated rings. The van der Waals surface area contributed by atoms with Gasteiger partial charge in [-0.1, -0.05) is 15.9 Å². The number of nitrogens with zero attached hydrogens (tertiary/aromatic N) is 1. The second kappa shape index (κ2) is 7.83. The number of fused-ring (bicyclic) bond motifs is 1. The molecule has 0 atom stereocenters. The van der Waals surface area contributed by atoms with Crippen molar-refractivity contribution in [1.82, 2.24) is 0 Å². The second-order valence-corrected chi connectivity index (χ2v) is 7.21.